The lowest BCUT2D eigenvalue weighted by Gasteiger charge is -2.08. The molecule has 0 saturated heterocycles. The fourth-order valence-corrected chi connectivity index (χ4v) is 2.09. The number of aryl methyl sites for hydroxylation is 1. The van der Waals surface area contributed by atoms with Crippen LogP contribution in [0.4, 0.5) is 4.39 Å². The van der Waals surface area contributed by atoms with Gasteiger partial charge in [-0.3, -0.25) is 0 Å². The van der Waals surface area contributed by atoms with E-state index in [1.807, 2.05) is 12.1 Å². The van der Waals surface area contributed by atoms with Crippen LogP contribution in [0.2, 0.25) is 0 Å². The monoisotopic (exact) mass is 308 g/mol. The standard InChI is InChI=1S/C15H14BrFO/c1-2-11-3-7-14(8-4-11)18-10-12-5-6-13(17)9-15(12)16/h3-9H,2,10H2,1H3. The topological polar surface area (TPSA) is 9.23 Å². The third kappa shape index (κ3) is 3.33. The number of ether oxygens (including phenoxy) is 1. The smallest absolute Gasteiger partial charge is 0.124 e. The molecule has 0 saturated carbocycles. The Balaban J connectivity index is 2.02. The molecule has 2 aromatic rings. The van der Waals surface area contributed by atoms with Crippen molar-refractivity contribution in [2.45, 2.75) is 20.0 Å². The molecule has 0 amide bonds. The summed E-state index contributed by atoms with van der Waals surface area (Å²) in [6.45, 7) is 2.54. The van der Waals surface area contributed by atoms with Gasteiger partial charge in [0.15, 0.2) is 0 Å². The summed E-state index contributed by atoms with van der Waals surface area (Å²) in [5.41, 5.74) is 2.21. The van der Waals surface area contributed by atoms with Crippen molar-refractivity contribution >= 4 is 15.9 Å². The first kappa shape index (κ1) is 13.1. The highest BCUT2D eigenvalue weighted by Crippen LogP contribution is 2.20. The molecule has 18 heavy (non-hydrogen) atoms. The van der Waals surface area contributed by atoms with Crippen molar-refractivity contribution in [1.82, 2.24) is 0 Å². The Morgan fingerprint density at radius 2 is 1.83 bits per heavy atom. The van der Waals surface area contributed by atoms with Gasteiger partial charge in [0.05, 0.1) is 0 Å². The van der Waals surface area contributed by atoms with Crippen LogP contribution >= 0.6 is 15.9 Å². The molecular weight excluding hydrogens is 295 g/mol. The molecule has 0 radical (unpaired) electrons. The fourth-order valence-electron chi connectivity index (χ4n) is 1.62. The third-order valence-electron chi connectivity index (χ3n) is 2.74. The largest absolute Gasteiger partial charge is 0.489 e. The van der Waals surface area contributed by atoms with Crippen LogP contribution in [0.1, 0.15) is 18.1 Å². The average Bonchev–Trinajstić information content (AvgIpc) is 2.38. The lowest BCUT2D eigenvalue weighted by Crippen LogP contribution is -1.97. The van der Waals surface area contributed by atoms with Crippen molar-refractivity contribution in [2.75, 3.05) is 0 Å². The van der Waals surface area contributed by atoms with E-state index in [1.165, 1.54) is 17.7 Å². The van der Waals surface area contributed by atoms with E-state index >= 15 is 0 Å². The lowest BCUT2D eigenvalue weighted by atomic mass is 10.2. The van der Waals surface area contributed by atoms with Crippen LogP contribution in [0.3, 0.4) is 0 Å². The van der Waals surface area contributed by atoms with Gasteiger partial charge in [-0.25, -0.2) is 4.39 Å². The normalized spacial score (nSPS) is 10.4. The van der Waals surface area contributed by atoms with Crippen LogP contribution in [0.25, 0.3) is 0 Å². The Morgan fingerprint density at radius 1 is 1.11 bits per heavy atom. The third-order valence-corrected chi connectivity index (χ3v) is 3.48. The summed E-state index contributed by atoms with van der Waals surface area (Å²) in [7, 11) is 0. The molecule has 0 aliphatic carbocycles. The van der Waals surface area contributed by atoms with E-state index in [9.17, 15) is 4.39 Å². The Kier molecular flexibility index (Phi) is 4.37. The molecular formula is C15H14BrFO. The van der Waals surface area contributed by atoms with Gasteiger partial charge in [0.2, 0.25) is 0 Å². The molecule has 0 heterocycles. The average molecular weight is 309 g/mol. The molecule has 0 atom stereocenters. The Bertz CT molecular complexity index is 523. The molecule has 0 aliphatic rings. The highest BCUT2D eigenvalue weighted by molar-refractivity contribution is 9.10. The highest BCUT2D eigenvalue weighted by atomic mass is 79.9. The predicted octanol–water partition coefficient (Wildman–Crippen LogP) is 4.73. The molecule has 3 heteroatoms. The quantitative estimate of drug-likeness (QED) is 0.793. The second kappa shape index (κ2) is 6.01. The molecule has 0 bridgehead atoms. The van der Waals surface area contributed by atoms with Crippen LogP contribution in [-0.4, -0.2) is 0 Å². The van der Waals surface area contributed by atoms with Crippen LogP contribution in [0.5, 0.6) is 5.75 Å². The summed E-state index contributed by atoms with van der Waals surface area (Å²) in [6, 6.07) is 12.6. The maximum atomic E-state index is 12.9. The molecule has 0 spiro atoms. The minimum atomic E-state index is -0.252. The summed E-state index contributed by atoms with van der Waals surface area (Å²) in [5.74, 6) is 0.571. The number of benzene rings is 2. The maximum Gasteiger partial charge on any atom is 0.124 e. The lowest BCUT2D eigenvalue weighted by molar-refractivity contribution is 0.305. The predicted molar refractivity (Wildman–Crippen MR) is 74.3 cm³/mol. The van der Waals surface area contributed by atoms with Crippen LogP contribution < -0.4 is 4.74 Å². The summed E-state index contributed by atoms with van der Waals surface area (Å²) in [5, 5.41) is 0. The Morgan fingerprint density at radius 3 is 2.44 bits per heavy atom. The minimum Gasteiger partial charge on any atom is -0.489 e. The first-order valence-corrected chi connectivity index (χ1v) is 6.64. The molecule has 0 aliphatic heterocycles. The van der Waals surface area contributed by atoms with Crippen molar-refractivity contribution in [3.8, 4) is 5.75 Å². The van der Waals surface area contributed by atoms with E-state index in [-0.39, 0.29) is 5.82 Å². The molecule has 0 aromatic heterocycles. The van der Waals surface area contributed by atoms with Crippen LogP contribution in [0.15, 0.2) is 46.9 Å². The van der Waals surface area contributed by atoms with Crippen molar-refractivity contribution in [3.63, 3.8) is 0 Å². The summed E-state index contributed by atoms with van der Waals surface area (Å²) in [6.07, 6.45) is 1.02. The number of rotatable bonds is 4. The van der Waals surface area contributed by atoms with Gasteiger partial charge in [-0.05, 0) is 36.2 Å². The van der Waals surface area contributed by atoms with E-state index in [4.69, 9.17) is 4.74 Å². The van der Waals surface area contributed by atoms with Gasteiger partial charge in [-0.15, -0.1) is 0 Å². The van der Waals surface area contributed by atoms with Crippen LogP contribution in [0, 0.1) is 5.82 Å². The van der Waals surface area contributed by atoms with E-state index in [1.54, 1.807) is 6.07 Å². The summed E-state index contributed by atoms with van der Waals surface area (Å²) >= 11 is 3.32. The van der Waals surface area contributed by atoms with E-state index in [2.05, 4.69) is 35.0 Å². The molecule has 1 nitrogen and oxygen atoms in total. The second-order valence-electron chi connectivity index (χ2n) is 4.02. The van der Waals surface area contributed by atoms with E-state index < -0.39 is 0 Å². The van der Waals surface area contributed by atoms with Crippen molar-refractivity contribution in [3.05, 3.63) is 63.9 Å². The van der Waals surface area contributed by atoms with Gasteiger partial charge in [-0.1, -0.05) is 41.1 Å². The summed E-state index contributed by atoms with van der Waals surface area (Å²) in [4.78, 5) is 0. The van der Waals surface area contributed by atoms with Gasteiger partial charge in [0.25, 0.3) is 0 Å². The Hall–Kier alpha value is -1.35. The van der Waals surface area contributed by atoms with Crippen LogP contribution in [-0.2, 0) is 13.0 Å². The zero-order chi connectivity index (χ0) is 13.0. The first-order valence-electron chi connectivity index (χ1n) is 5.84. The number of hydrogen-bond acceptors (Lipinski definition) is 1. The zero-order valence-corrected chi connectivity index (χ0v) is 11.7. The van der Waals surface area contributed by atoms with Gasteiger partial charge in [0, 0.05) is 10.0 Å². The highest BCUT2D eigenvalue weighted by Gasteiger charge is 2.02. The van der Waals surface area contributed by atoms with Gasteiger partial charge < -0.3 is 4.74 Å². The SMILES string of the molecule is CCc1ccc(OCc2ccc(F)cc2Br)cc1. The maximum absolute atomic E-state index is 12.9. The van der Waals surface area contributed by atoms with Gasteiger partial charge in [0.1, 0.15) is 18.2 Å². The van der Waals surface area contributed by atoms with Crippen molar-refractivity contribution < 1.29 is 9.13 Å². The first-order chi connectivity index (χ1) is 8.69. The molecule has 2 rings (SSSR count). The molecule has 2 aromatic carbocycles. The molecule has 0 unspecified atom stereocenters. The molecule has 0 fully saturated rings. The fraction of sp³-hybridized carbons (Fsp3) is 0.200. The Labute approximate surface area is 115 Å². The van der Waals surface area contributed by atoms with Gasteiger partial charge >= 0.3 is 0 Å². The second-order valence-corrected chi connectivity index (χ2v) is 4.88. The van der Waals surface area contributed by atoms with E-state index in [0.717, 1.165) is 22.2 Å². The van der Waals surface area contributed by atoms with Crippen molar-refractivity contribution in [2.24, 2.45) is 0 Å². The van der Waals surface area contributed by atoms with Crippen molar-refractivity contribution in [1.29, 1.82) is 0 Å². The molecule has 94 valence electrons. The number of hydrogen-bond donors (Lipinski definition) is 0. The van der Waals surface area contributed by atoms with Gasteiger partial charge in [-0.2, -0.15) is 0 Å². The molecule has 0 N–H and O–H groups in total. The minimum absolute atomic E-state index is 0.252. The summed E-state index contributed by atoms with van der Waals surface area (Å²) < 4.78 is 19.3. The van der Waals surface area contributed by atoms with E-state index in [0.29, 0.717) is 6.61 Å². The zero-order valence-electron chi connectivity index (χ0n) is 10.1. The number of halogens is 2.